The second-order valence-electron chi connectivity index (χ2n) is 2.68. The topological polar surface area (TPSA) is 13.1 Å². The summed E-state index contributed by atoms with van der Waals surface area (Å²) < 4.78 is 5.29. The standard InChI is InChI=1S/C9H10O/c1-7-3-2-4-9-8(7)5-6-10-9/h3,5-6H,2,4H2,1H3. The van der Waals surface area contributed by atoms with E-state index in [9.17, 15) is 0 Å². The summed E-state index contributed by atoms with van der Waals surface area (Å²) in [5.41, 5.74) is 2.65. The SMILES string of the molecule is CC1=CCCc2occc21. The van der Waals surface area contributed by atoms with E-state index in [1.54, 1.807) is 6.26 Å². The lowest BCUT2D eigenvalue weighted by Crippen LogP contribution is -1.92. The fraction of sp³-hybridized carbons (Fsp3) is 0.333. The molecule has 2 rings (SSSR count). The zero-order chi connectivity index (χ0) is 6.97. The summed E-state index contributed by atoms with van der Waals surface area (Å²) in [5, 5.41) is 0. The molecule has 0 aromatic carbocycles. The third kappa shape index (κ3) is 0.703. The van der Waals surface area contributed by atoms with Crippen LogP contribution in [0.1, 0.15) is 24.7 Å². The Morgan fingerprint density at radius 2 is 2.40 bits per heavy atom. The number of furan rings is 1. The lowest BCUT2D eigenvalue weighted by atomic mass is 9.99. The van der Waals surface area contributed by atoms with Gasteiger partial charge in [-0.2, -0.15) is 0 Å². The molecule has 0 N–H and O–H groups in total. The van der Waals surface area contributed by atoms with Crippen molar-refractivity contribution in [2.45, 2.75) is 19.8 Å². The van der Waals surface area contributed by atoms with Crippen LogP contribution < -0.4 is 0 Å². The molecule has 0 saturated heterocycles. The van der Waals surface area contributed by atoms with Crippen LogP contribution in [0.15, 0.2) is 22.8 Å². The van der Waals surface area contributed by atoms with Crippen LogP contribution in [-0.2, 0) is 6.42 Å². The molecule has 0 unspecified atom stereocenters. The van der Waals surface area contributed by atoms with Crippen molar-refractivity contribution in [3.05, 3.63) is 29.7 Å². The van der Waals surface area contributed by atoms with Crippen molar-refractivity contribution in [3.8, 4) is 0 Å². The fourth-order valence-corrected chi connectivity index (χ4v) is 1.42. The van der Waals surface area contributed by atoms with Gasteiger partial charge < -0.3 is 4.42 Å². The first-order valence-electron chi connectivity index (χ1n) is 3.61. The molecule has 0 spiro atoms. The van der Waals surface area contributed by atoms with Gasteiger partial charge in [-0.1, -0.05) is 6.08 Å². The van der Waals surface area contributed by atoms with E-state index >= 15 is 0 Å². The molecule has 10 heavy (non-hydrogen) atoms. The minimum atomic E-state index is 1.07. The van der Waals surface area contributed by atoms with E-state index in [0.29, 0.717) is 0 Å². The molecule has 0 aliphatic heterocycles. The summed E-state index contributed by atoms with van der Waals surface area (Å²) in [6.07, 6.45) is 6.23. The highest BCUT2D eigenvalue weighted by atomic mass is 16.3. The maximum Gasteiger partial charge on any atom is 0.111 e. The van der Waals surface area contributed by atoms with Crippen LogP contribution in [0.4, 0.5) is 0 Å². The Labute approximate surface area is 60.4 Å². The molecule has 1 aromatic heterocycles. The predicted octanol–water partition coefficient (Wildman–Crippen LogP) is 2.63. The summed E-state index contributed by atoms with van der Waals surface area (Å²) in [4.78, 5) is 0. The van der Waals surface area contributed by atoms with Crippen LogP contribution >= 0.6 is 0 Å². The molecule has 1 aliphatic carbocycles. The van der Waals surface area contributed by atoms with Crippen LogP contribution in [-0.4, -0.2) is 0 Å². The molecule has 0 fully saturated rings. The maximum atomic E-state index is 5.29. The molecule has 0 amide bonds. The van der Waals surface area contributed by atoms with Crippen LogP contribution in [0.5, 0.6) is 0 Å². The van der Waals surface area contributed by atoms with E-state index in [2.05, 4.69) is 13.0 Å². The Balaban J connectivity index is 2.55. The van der Waals surface area contributed by atoms with Gasteiger partial charge in [-0.15, -0.1) is 0 Å². The van der Waals surface area contributed by atoms with E-state index in [-0.39, 0.29) is 0 Å². The smallest absolute Gasteiger partial charge is 0.111 e. The maximum absolute atomic E-state index is 5.29. The fourth-order valence-electron chi connectivity index (χ4n) is 1.42. The Hall–Kier alpha value is -0.980. The van der Waals surface area contributed by atoms with Crippen molar-refractivity contribution in [3.63, 3.8) is 0 Å². The highest BCUT2D eigenvalue weighted by Gasteiger charge is 2.10. The van der Waals surface area contributed by atoms with Gasteiger partial charge >= 0.3 is 0 Å². The quantitative estimate of drug-likeness (QED) is 0.531. The highest BCUT2D eigenvalue weighted by molar-refractivity contribution is 5.66. The molecule has 0 radical (unpaired) electrons. The van der Waals surface area contributed by atoms with Crippen molar-refractivity contribution in [1.82, 2.24) is 0 Å². The van der Waals surface area contributed by atoms with Gasteiger partial charge in [-0.25, -0.2) is 0 Å². The Bertz CT molecular complexity index is 268. The van der Waals surface area contributed by atoms with Gasteiger partial charge in [0.05, 0.1) is 6.26 Å². The normalized spacial score (nSPS) is 16.3. The monoisotopic (exact) mass is 134 g/mol. The Morgan fingerprint density at radius 3 is 3.20 bits per heavy atom. The van der Waals surface area contributed by atoms with Gasteiger partial charge in [0.25, 0.3) is 0 Å². The minimum absolute atomic E-state index is 1.07. The van der Waals surface area contributed by atoms with Crippen molar-refractivity contribution in [2.24, 2.45) is 0 Å². The number of allylic oxidation sites excluding steroid dienone is 2. The summed E-state index contributed by atoms with van der Waals surface area (Å²) >= 11 is 0. The predicted molar refractivity (Wildman–Crippen MR) is 40.7 cm³/mol. The van der Waals surface area contributed by atoms with Crippen LogP contribution in [0.25, 0.3) is 5.57 Å². The van der Waals surface area contributed by atoms with Crippen molar-refractivity contribution >= 4 is 5.57 Å². The molecule has 52 valence electrons. The Morgan fingerprint density at radius 1 is 1.50 bits per heavy atom. The third-order valence-corrected chi connectivity index (χ3v) is 1.99. The zero-order valence-electron chi connectivity index (χ0n) is 6.05. The van der Waals surface area contributed by atoms with Gasteiger partial charge in [0, 0.05) is 12.0 Å². The van der Waals surface area contributed by atoms with Crippen molar-refractivity contribution in [2.75, 3.05) is 0 Å². The molecular weight excluding hydrogens is 124 g/mol. The summed E-state index contributed by atoms with van der Waals surface area (Å²) in [6.45, 7) is 2.13. The van der Waals surface area contributed by atoms with E-state index in [1.165, 1.54) is 11.1 Å². The lowest BCUT2D eigenvalue weighted by molar-refractivity contribution is 0.507. The van der Waals surface area contributed by atoms with Gasteiger partial charge in [0.1, 0.15) is 5.76 Å². The molecule has 1 aromatic rings. The first-order chi connectivity index (χ1) is 4.88. The number of aryl methyl sites for hydroxylation is 1. The highest BCUT2D eigenvalue weighted by Crippen LogP contribution is 2.26. The average molecular weight is 134 g/mol. The van der Waals surface area contributed by atoms with E-state index in [4.69, 9.17) is 4.42 Å². The summed E-state index contributed by atoms with van der Waals surface area (Å²) in [5.74, 6) is 1.15. The van der Waals surface area contributed by atoms with Crippen molar-refractivity contribution in [1.29, 1.82) is 0 Å². The van der Waals surface area contributed by atoms with Crippen LogP contribution in [0.2, 0.25) is 0 Å². The molecule has 0 saturated carbocycles. The average Bonchev–Trinajstić information content (AvgIpc) is 2.36. The number of hydrogen-bond acceptors (Lipinski definition) is 1. The van der Waals surface area contributed by atoms with Gasteiger partial charge in [0.15, 0.2) is 0 Å². The van der Waals surface area contributed by atoms with Gasteiger partial charge in [-0.05, 0) is 25.0 Å². The second-order valence-corrected chi connectivity index (χ2v) is 2.68. The van der Waals surface area contributed by atoms with Crippen molar-refractivity contribution < 1.29 is 4.42 Å². The van der Waals surface area contributed by atoms with E-state index in [0.717, 1.165) is 18.6 Å². The first-order valence-corrected chi connectivity index (χ1v) is 3.61. The minimum Gasteiger partial charge on any atom is -0.469 e. The first kappa shape index (κ1) is 5.78. The van der Waals surface area contributed by atoms with E-state index in [1.807, 2.05) is 6.07 Å². The van der Waals surface area contributed by atoms with Crippen LogP contribution in [0, 0.1) is 0 Å². The van der Waals surface area contributed by atoms with Gasteiger partial charge in [-0.3, -0.25) is 0 Å². The molecule has 1 aliphatic rings. The second kappa shape index (κ2) is 2.01. The van der Waals surface area contributed by atoms with Crippen LogP contribution in [0.3, 0.4) is 0 Å². The molecule has 0 atom stereocenters. The number of fused-ring (bicyclic) bond motifs is 1. The zero-order valence-corrected chi connectivity index (χ0v) is 6.05. The Kier molecular flexibility index (Phi) is 1.16. The largest absolute Gasteiger partial charge is 0.469 e. The van der Waals surface area contributed by atoms with E-state index < -0.39 is 0 Å². The third-order valence-electron chi connectivity index (χ3n) is 1.99. The summed E-state index contributed by atoms with van der Waals surface area (Å²) in [7, 11) is 0. The number of hydrogen-bond donors (Lipinski definition) is 0. The lowest BCUT2D eigenvalue weighted by Gasteiger charge is -2.06. The molecule has 1 heterocycles. The molecule has 1 nitrogen and oxygen atoms in total. The number of rotatable bonds is 0. The molecule has 0 bridgehead atoms. The molecule has 1 heteroatoms. The molecular formula is C9H10O. The summed E-state index contributed by atoms with van der Waals surface area (Å²) in [6, 6.07) is 2.04. The van der Waals surface area contributed by atoms with Gasteiger partial charge in [0.2, 0.25) is 0 Å².